The molecule has 0 saturated carbocycles. The minimum atomic E-state index is -0.723. The summed E-state index contributed by atoms with van der Waals surface area (Å²) in [5, 5.41) is 16.6. The Labute approximate surface area is 243 Å². The molecule has 4 aromatic rings. The van der Waals surface area contributed by atoms with Gasteiger partial charge < -0.3 is 25.4 Å². The number of pyridine rings is 1. The molecule has 5 rings (SSSR count). The number of anilines is 3. The molecular weight excluding hydrogens is 542 g/mol. The van der Waals surface area contributed by atoms with E-state index in [1.165, 1.54) is 16.6 Å². The number of piperidine rings is 1. The van der Waals surface area contributed by atoms with E-state index in [2.05, 4.69) is 38.3 Å². The molecule has 220 valence electrons. The Balaban J connectivity index is 1.40. The Morgan fingerprint density at radius 1 is 1.17 bits per heavy atom. The number of hydrogen-bond acceptors (Lipinski definition) is 9. The van der Waals surface area contributed by atoms with Gasteiger partial charge in [0.05, 0.1) is 78.5 Å². The SMILES string of the molecule is CC(C)OCc1cc(F)c(-c2ccc3cnc(Nc4cnccc4N4C[C@@H](N)[C@@H](OCCC#N)[C@@H](C)C4)n3n2)c(F)c1. The van der Waals surface area contributed by atoms with Crippen molar-refractivity contribution in [1.82, 2.24) is 19.6 Å². The third-order valence-corrected chi connectivity index (χ3v) is 7.16. The number of nitrogens with zero attached hydrogens (tertiary/aromatic N) is 6. The predicted octanol–water partition coefficient (Wildman–Crippen LogP) is 4.82. The van der Waals surface area contributed by atoms with Gasteiger partial charge in [0, 0.05) is 31.2 Å². The van der Waals surface area contributed by atoms with E-state index >= 15 is 8.78 Å². The van der Waals surface area contributed by atoms with E-state index in [0.29, 0.717) is 48.8 Å². The van der Waals surface area contributed by atoms with Crippen LogP contribution in [0.3, 0.4) is 0 Å². The van der Waals surface area contributed by atoms with E-state index in [1.54, 1.807) is 30.7 Å². The number of imidazole rings is 1. The summed E-state index contributed by atoms with van der Waals surface area (Å²) in [6.45, 7) is 7.49. The number of nitrogens with one attached hydrogen (secondary N) is 1. The van der Waals surface area contributed by atoms with Gasteiger partial charge in [-0.2, -0.15) is 14.9 Å². The highest BCUT2D eigenvalue weighted by Crippen LogP contribution is 2.32. The quantitative estimate of drug-likeness (QED) is 0.256. The number of nitrogens with two attached hydrogens (primary N) is 1. The lowest BCUT2D eigenvalue weighted by atomic mass is 9.92. The van der Waals surface area contributed by atoms with Gasteiger partial charge in [0.15, 0.2) is 0 Å². The van der Waals surface area contributed by atoms with Crippen LogP contribution in [0.5, 0.6) is 0 Å². The van der Waals surface area contributed by atoms with Gasteiger partial charge in [-0.3, -0.25) is 4.98 Å². The summed E-state index contributed by atoms with van der Waals surface area (Å²) in [7, 11) is 0. The van der Waals surface area contributed by atoms with Crippen LogP contribution in [-0.2, 0) is 16.1 Å². The monoisotopic (exact) mass is 576 g/mol. The summed E-state index contributed by atoms with van der Waals surface area (Å²) in [6.07, 6.45) is 5.12. The Kier molecular flexibility index (Phi) is 8.91. The number of fused-ring (bicyclic) bond motifs is 1. The van der Waals surface area contributed by atoms with Gasteiger partial charge in [-0.1, -0.05) is 6.92 Å². The molecule has 3 N–H and O–H groups in total. The minimum absolute atomic E-state index is 0.0616. The van der Waals surface area contributed by atoms with Crippen molar-refractivity contribution < 1.29 is 18.3 Å². The molecule has 12 heteroatoms. The zero-order chi connectivity index (χ0) is 29.8. The van der Waals surface area contributed by atoms with Crippen molar-refractivity contribution in [3.05, 3.63) is 66.1 Å². The Morgan fingerprint density at radius 2 is 1.95 bits per heavy atom. The molecule has 0 spiro atoms. The molecule has 0 amide bonds. The van der Waals surface area contributed by atoms with Crippen molar-refractivity contribution in [3.63, 3.8) is 0 Å². The fourth-order valence-corrected chi connectivity index (χ4v) is 5.23. The number of rotatable bonds is 10. The first-order valence-corrected chi connectivity index (χ1v) is 13.9. The average Bonchev–Trinajstić information content (AvgIpc) is 3.35. The van der Waals surface area contributed by atoms with Gasteiger partial charge in [-0.25, -0.2) is 13.8 Å². The first-order chi connectivity index (χ1) is 20.2. The van der Waals surface area contributed by atoms with Crippen molar-refractivity contribution in [2.75, 3.05) is 29.9 Å². The lowest BCUT2D eigenvalue weighted by Gasteiger charge is -2.42. The summed E-state index contributed by atoms with van der Waals surface area (Å²) >= 11 is 0. The van der Waals surface area contributed by atoms with Crippen LogP contribution in [0, 0.1) is 28.9 Å². The zero-order valence-electron chi connectivity index (χ0n) is 23.8. The maximum atomic E-state index is 15.1. The van der Waals surface area contributed by atoms with Gasteiger partial charge in [-0.15, -0.1) is 0 Å². The van der Waals surface area contributed by atoms with Crippen molar-refractivity contribution in [2.45, 2.75) is 52.0 Å². The molecule has 42 heavy (non-hydrogen) atoms. The second kappa shape index (κ2) is 12.8. The molecule has 1 aliphatic heterocycles. The fraction of sp³-hybridized carbons (Fsp3) is 0.400. The third kappa shape index (κ3) is 6.33. The molecule has 10 nitrogen and oxygen atoms in total. The van der Waals surface area contributed by atoms with Crippen LogP contribution >= 0.6 is 0 Å². The van der Waals surface area contributed by atoms with E-state index in [-0.39, 0.29) is 42.0 Å². The smallest absolute Gasteiger partial charge is 0.229 e. The molecular formula is C30H34F2N8O2. The number of aromatic nitrogens is 4. The van der Waals surface area contributed by atoms with Crippen LogP contribution in [0.4, 0.5) is 26.1 Å². The molecule has 1 saturated heterocycles. The van der Waals surface area contributed by atoms with Crippen molar-refractivity contribution in [3.8, 4) is 17.3 Å². The maximum Gasteiger partial charge on any atom is 0.229 e. The summed E-state index contributed by atoms with van der Waals surface area (Å²) < 4.78 is 43.1. The Bertz CT molecular complexity index is 1550. The summed E-state index contributed by atoms with van der Waals surface area (Å²) in [4.78, 5) is 10.9. The summed E-state index contributed by atoms with van der Waals surface area (Å²) in [5.74, 6) is -0.966. The standard InChI is InChI=1S/C30H34F2N8O2/c1-18(2)42-17-20-11-22(31)28(23(32)12-20)25-6-5-21-13-36-30(40(21)38-25)37-26-14-35-9-7-27(26)39-15-19(3)29(24(34)16-39)41-10-4-8-33/h5-7,9,11-14,18-19,24,29H,4,10,15-17,34H2,1-3H3,(H,36,37)/t19-,24+,29-/m0/s1. The molecule has 0 radical (unpaired) electrons. The number of halogens is 2. The molecule has 0 bridgehead atoms. The summed E-state index contributed by atoms with van der Waals surface area (Å²) in [5.41, 5.74) is 8.98. The first kappa shape index (κ1) is 29.3. The molecule has 3 aromatic heterocycles. The van der Waals surface area contributed by atoms with Gasteiger partial charge >= 0.3 is 0 Å². The molecule has 1 aliphatic rings. The number of benzene rings is 1. The number of ether oxygens (including phenoxy) is 2. The minimum Gasteiger partial charge on any atom is -0.375 e. The molecule has 1 aromatic carbocycles. The van der Waals surface area contributed by atoms with Crippen LogP contribution in [0.15, 0.2) is 48.9 Å². The molecule has 1 fully saturated rings. The summed E-state index contributed by atoms with van der Waals surface area (Å²) in [6, 6.07) is 9.54. The van der Waals surface area contributed by atoms with E-state index in [0.717, 1.165) is 5.69 Å². The largest absolute Gasteiger partial charge is 0.375 e. The van der Waals surface area contributed by atoms with Crippen molar-refractivity contribution >= 4 is 22.8 Å². The van der Waals surface area contributed by atoms with E-state index in [1.807, 2.05) is 19.9 Å². The first-order valence-electron chi connectivity index (χ1n) is 13.9. The highest BCUT2D eigenvalue weighted by molar-refractivity contribution is 5.74. The number of nitriles is 1. The van der Waals surface area contributed by atoms with Crippen molar-refractivity contribution in [1.29, 1.82) is 5.26 Å². The lowest BCUT2D eigenvalue weighted by Crippen LogP contribution is -2.56. The molecule has 0 unspecified atom stereocenters. The van der Waals surface area contributed by atoms with Crippen molar-refractivity contribution in [2.24, 2.45) is 11.7 Å². The van der Waals surface area contributed by atoms with Crippen LogP contribution in [-0.4, -0.2) is 57.5 Å². The topological polar surface area (TPSA) is 127 Å². The normalized spacial score (nSPS) is 18.9. The average molecular weight is 577 g/mol. The van der Waals surface area contributed by atoms with Gasteiger partial charge in [0.25, 0.3) is 0 Å². The van der Waals surface area contributed by atoms with Gasteiger partial charge in [0.1, 0.15) is 11.6 Å². The van der Waals surface area contributed by atoms with E-state index in [9.17, 15) is 0 Å². The zero-order valence-corrected chi connectivity index (χ0v) is 23.8. The molecule has 4 heterocycles. The van der Waals surface area contributed by atoms with Crippen LogP contribution in [0.1, 0.15) is 32.8 Å². The van der Waals surface area contributed by atoms with Crippen LogP contribution < -0.4 is 16.0 Å². The van der Waals surface area contributed by atoms with E-state index < -0.39 is 11.6 Å². The lowest BCUT2D eigenvalue weighted by molar-refractivity contribution is -0.00331. The Hall–Kier alpha value is -4.18. The second-order valence-corrected chi connectivity index (χ2v) is 10.7. The number of hydrogen-bond donors (Lipinski definition) is 2. The molecule has 3 atom stereocenters. The Morgan fingerprint density at radius 3 is 2.67 bits per heavy atom. The van der Waals surface area contributed by atoms with Crippen LogP contribution in [0.2, 0.25) is 0 Å². The highest BCUT2D eigenvalue weighted by Gasteiger charge is 2.34. The van der Waals surface area contributed by atoms with Gasteiger partial charge in [-0.05, 0) is 49.7 Å². The second-order valence-electron chi connectivity index (χ2n) is 10.7. The predicted molar refractivity (Wildman–Crippen MR) is 155 cm³/mol. The fourth-order valence-electron chi connectivity index (χ4n) is 5.23. The highest BCUT2D eigenvalue weighted by atomic mass is 19.1. The van der Waals surface area contributed by atoms with E-state index in [4.69, 9.17) is 20.5 Å². The van der Waals surface area contributed by atoms with Crippen LogP contribution in [0.25, 0.3) is 16.8 Å². The van der Waals surface area contributed by atoms with Gasteiger partial charge in [0.2, 0.25) is 5.95 Å². The maximum absolute atomic E-state index is 15.1. The molecule has 0 aliphatic carbocycles. The third-order valence-electron chi connectivity index (χ3n) is 7.16.